The molecule has 0 heterocycles. The Bertz CT molecular complexity index is 461. The zero-order valence-corrected chi connectivity index (χ0v) is 11.5. The summed E-state index contributed by atoms with van der Waals surface area (Å²) < 4.78 is 0.997. The summed E-state index contributed by atoms with van der Waals surface area (Å²) in [6, 6.07) is 5.96. The predicted molar refractivity (Wildman–Crippen MR) is 71.8 cm³/mol. The van der Waals surface area contributed by atoms with E-state index in [0.717, 1.165) is 40.4 Å². The van der Waals surface area contributed by atoms with Crippen LogP contribution in [0.25, 0.3) is 0 Å². The van der Waals surface area contributed by atoms with Gasteiger partial charge in [-0.15, -0.1) is 0 Å². The first kappa shape index (κ1) is 11.3. The van der Waals surface area contributed by atoms with Crippen molar-refractivity contribution in [3.8, 4) is 0 Å². The van der Waals surface area contributed by atoms with Gasteiger partial charge in [-0.2, -0.15) is 0 Å². The quantitative estimate of drug-likeness (QED) is 0.884. The molecule has 2 unspecified atom stereocenters. The Labute approximate surface area is 110 Å². The average Bonchev–Trinajstić information content (AvgIpc) is 2.92. The zero-order chi connectivity index (χ0) is 12.0. The van der Waals surface area contributed by atoms with E-state index in [1.807, 2.05) is 25.1 Å². The van der Waals surface area contributed by atoms with Crippen LogP contribution < -0.4 is 5.32 Å². The number of aryl methyl sites for hydroxylation is 1. The van der Waals surface area contributed by atoms with Crippen LogP contribution in [0, 0.1) is 24.7 Å². The fourth-order valence-electron chi connectivity index (χ4n) is 2.91. The Kier molecular flexibility index (Phi) is 2.74. The Balaban J connectivity index is 1.69. The Morgan fingerprint density at radius 3 is 2.71 bits per heavy atom. The molecule has 17 heavy (non-hydrogen) atoms. The fourth-order valence-corrected chi connectivity index (χ4v) is 3.27. The van der Waals surface area contributed by atoms with Crippen molar-refractivity contribution in [2.24, 2.45) is 17.8 Å². The normalized spacial score (nSPS) is 29.9. The van der Waals surface area contributed by atoms with Crippen LogP contribution in [0.2, 0.25) is 0 Å². The molecule has 1 aromatic rings. The van der Waals surface area contributed by atoms with Crippen molar-refractivity contribution in [3.05, 3.63) is 28.2 Å². The van der Waals surface area contributed by atoms with Gasteiger partial charge in [0, 0.05) is 10.4 Å². The molecule has 0 saturated heterocycles. The molecule has 2 nitrogen and oxygen atoms in total. The average molecular weight is 294 g/mol. The van der Waals surface area contributed by atoms with Gasteiger partial charge in [-0.05, 0) is 65.6 Å². The molecule has 0 aromatic heterocycles. The molecule has 3 heteroatoms. The predicted octanol–water partition coefficient (Wildman–Crippen LogP) is 3.74. The number of anilines is 1. The molecule has 0 radical (unpaired) electrons. The maximum atomic E-state index is 12.1. The van der Waals surface area contributed by atoms with Gasteiger partial charge in [0.15, 0.2) is 0 Å². The van der Waals surface area contributed by atoms with Gasteiger partial charge >= 0.3 is 0 Å². The molecule has 0 aliphatic heterocycles. The van der Waals surface area contributed by atoms with Crippen molar-refractivity contribution >= 4 is 27.5 Å². The largest absolute Gasteiger partial charge is 0.325 e. The van der Waals surface area contributed by atoms with Gasteiger partial charge in [-0.1, -0.05) is 12.1 Å². The molecule has 2 atom stereocenters. The lowest BCUT2D eigenvalue weighted by Gasteiger charge is -2.14. The lowest BCUT2D eigenvalue weighted by molar-refractivity contribution is -0.120. The molecule has 2 saturated carbocycles. The van der Waals surface area contributed by atoms with Gasteiger partial charge in [-0.3, -0.25) is 4.79 Å². The Hall–Kier alpha value is -0.830. The molecular weight excluding hydrogens is 278 g/mol. The van der Waals surface area contributed by atoms with Crippen LogP contribution in [0.1, 0.15) is 24.8 Å². The number of rotatable bonds is 2. The minimum atomic E-state index is 0.198. The van der Waals surface area contributed by atoms with Crippen LogP contribution in [-0.2, 0) is 4.79 Å². The van der Waals surface area contributed by atoms with Gasteiger partial charge in [0.05, 0.1) is 5.69 Å². The topological polar surface area (TPSA) is 29.1 Å². The summed E-state index contributed by atoms with van der Waals surface area (Å²) in [6.07, 6.45) is 3.55. The second-order valence-corrected chi connectivity index (χ2v) is 6.14. The van der Waals surface area contributed by atoms with E-state index in [4.69, 9.17) is 0 Å². The summed E-state index contributed by atoms with van der Waals surface area (Å²) in [6.45, 7) is 2.03. The van der Waals surface area contributed by atoms with Gasteiger partial charge in [0.1, 0.15) is 0 Å². The zero-order valence-electron chi connectivity index (χ0n) is 9.87. The highest BCUT2D eigenvalue weighted by Crippen LogP contribution is 2.54. The number of hydrogen-bond acceptors (Lipinski definition) is 1. The monoisotopic (exact) mass is 293 g/mol. The molecular formula is C14H16BrNO. The molecule has 2 aliphatic rings. The third-order valence-electron chi connectivity index (χ3n) is 4.06. The molecule has 0 spiro atoms. The summed E-state index contributed by atoms with van der Waals surface area (Å²) >= 11 is 3.52. The second-order valence-electron chi connectivity index (χ2n) is 5.35. The number of amides is 1. The molecule has 2 aliphatic carbocycles. The van der Waals surface area contributed by atoms with E-state index in [2.05, 4.69) is 21.2 Å². The number of nitrogens with one attached hydrogen (secondary N) is 1. The molecule has 1 amide bonds. The van der Waals surface area contributed by atoms with E-state index in [9.17, 15) is 4.79 Å². The van der Waals surface area contributed by atoms with Gasteiger partial charge in [0.25, 0.3) is 0 Å². The van der Waals surface area contributed by atoms with E-state index < -0.39 is 0 Å². The van der Waals surface area contributed by atoms with E-state index in [-0.39, 0.29) is 11.8 Å². The minimum Gasteiger partial charge on any atom is -0.325 e. The van der Waals surface area contributed by atoms with Crippen molar-refractivity contribution in [2.45, 2.75) is 26.2 Å². The van der Waals surface area contributed by atoms with Gasteiger partial charge in [0.2, 0.25) is 5.91 Å². The van der Waals surface area contributed by atoms with Crippen LogP contribution >= 0.6 is 15.9 Å². The molecule has 1 aromatic carbocycles. The van der Waals surface area contributed by atoms with E-state index >= 15 is 0 Å². The van der Waals surface area contributed by atoms with Crippen molar-refractivity contribution < 1.29 is 4.79 Å². The van der Waals surface area contributed by atoms with Crippen molar-refractivity contribution in [3.63, 3.8) is 0 Å². The molecule has 1 N–H and O–H groups in total. The van der Waals surface area contributed by atoms with E-state index in [0.29, 0.717) is 0 Å². The standard InChI is InChI=1S/C14H16BrNO/c1-8-3-2-4-12(13(8)15)16-14(17)11-6-9-5-10(9)7-11/h2-4,9-11H,5-7H2,1H3,(H,16,17). The molecule has 0 bridgehead atoms. The molecule has 2 fully saturated rings. The van der Waals surface area contributed by atoms with Crippen molar-refractivity contribution in [1.29, 1.82) is 0 Å². The number of hydrogen-bond donors (Lipinski definition) is 1. The fraction of sp³-hybridized carbons (Fsp3) is 0.500. The molecule has 3 rings (SSSR count). The highest BCUT2D eigenvalue weighted by molar-refractivity contribution is 9.10. The summed E-state index contributed by atoms with van der Waals surface area (Å²) in [4.78, 5) is 12.1. The first-order chi connectivity index (χ1) is 8.15. The lowest BCUT2D eigenvalue weighted by Crippen LogP contribution is -2.21. The maximum absolute atomic E-state index is 12.1. The van der Waals surface area contributed by atoms with Gasteiger partial charge in [-0.25, -0.2) is 0 Å². The number of benzene rings is 1. The third kappa shape index (κ3) is 2.13. The van der Waals surface area contributed by atoms with E-state index in [1.54, 1.807) is 0 Å². The number of halogens is 1. The lowest BCUT2D eigenvalue weighted by atomic mass is 10.0. The van der Waals surface area contributed by atoms with Gasteiger partial charge < -0.3 is 5.32 Å². The highest BCUT2D eigenvalue weighted by Gasteiger charge is 2.47. The van der Waals surface area contributed by atoms with Crippen LogP contribution in [0.5, 0.6) is 0 Å². The summed E-state index contributed by atoms with van der Waals surface area (Å²) in [7, 11) is 0. The number of carbonyl (C=O) groups is 1. The SMILES string of the molecule is Cc1cccc(NC(=O)C2CC3CC3C2)c1Br. The first-order valence-electron chi connectivity index (χ1n) is 6.21. The van der Waals surface area contributed by atoms with Crippen LogP contribution in [0.15, 0.2) is 22.7 Å². The van der Waals surface area contributed by atoms with Crippen molar-refractivity contribution in [2.75, 3.05) is 5.32 Å². The third-order valence-corrected chi connectivity index (χ3v) is 5.12. The summed E-state index contributed by atoms with van der Waals surface area (Å²) in [5.41, 5.74) is 2.05. The summed E-state index contributed by atoms with van der Waals surface area (Å²) in [5.74, 6) is 2.15. The van der Waals surface area contributed by atoms with Crippen LogP contribution in [-0.4, -0.2) is 5.91 Å². The van der Waals surface area contributed by atoms with Crippen molar-refractivity contribution in [1.82, 2.24) is 0 Å². The highest BCUT2D eigenvalue weighted by atomic mass is 79.9. The minimum absolute atomic E-state index is 0.198. The number of carbonyl (C=O) groups excluding carboxylic acids is 1. The first-order valence-corrected chi connectivity index (χ1v) is 7.00. The summed E-state index contributed by atoms with van der Waals surface area (Å²) in [5, 5.41) is 3.05. The second kappa shape index (κ2) is 4.13. The Morgan fingerprint density at radius 1 is 1.29 bits per heavy atom. The van der Waals surface area contributed by atoms with Crippen LogP contribution in [0.3, 0.4) is 0 Å². The number of fused-ring (bicyclic) bond motifs is 1. The Morgan fingerprint density at radius 2 is 2.00 bits per heavy atom. The smallest absolute Gasteiger partial charge is 0.227 e. The van der Waals surface area contributed by atoms with Crippen LogP contribution in [0.4, 0.5) is 5.69 Å². The van der Waals surface area contributed by atoms with E-state index in [1.165, 1.54) is 6.42 Å². The maximum Gasteiger partial charge on any atom is 0.227 e. The molecule has 90 valence electrons.